The van der Waals surface area contributed by atoms with Gasteiger partial charge in [0.15, 0.2) is 0 Å². The third-order valence-electron chi connectivity index (χ3n) is 7.88. The number of hydrogen-bond donors (Lipinski definition) is 1. The van der Waals surface area contributed by atoms with Crippen molar-refractivity contribution in [2.24, 2.45) is 29.6 Å². The quantitative estimate of drug-likeness (QED) is 0.587. The summed E-state index contributed by atoms with van der Waals surface area (Å²) >= 11 is 0. The van der Waals surface area contributed by atoms with Crippen LogP contribution in [0.4, 0.5) is 0 Å². The third-order valence-corrected chi connectivity index (χ3v) is 12.4. The highest BCUT2D eigenvalue weighted by Crippen LogP contribution is 2.58. The fourth-order valence-electron chi connectivity index (χ4n) is 6.28. The minimum absolute atomic E-state index is 0.648. The Morgan fingerprint density at radius 3 is 2.33 bits per heavy atom. The van der Waals surface area contributed by atoms with Gasteiger partial charge in [-0.1, -0.05) is 78.3 Å². The summed E-state index contributed by atoms with van der Waals surface area (Å²) in [4.78, 5) is 0. The molecule has 0 aromatic carbocycles. The van der Waals surface area contributed by atoms with Crippen LogP contribution in [0.5, 0.6) is 0 Å². The molecule has 0 aromatic rings. The second-order valence-electron chi connectivity index (χ2n) is 10.5. The maximum absolute atomic E-state index is 3.57. The standard InChI is InChI=1S/C24H44N2Si/c1-8-9-19-16-23(27(6,7)26-12-10-25-11-13-26)22-15-20(17(2)3)14-21(18(4)5)24(19)22/h14-15,17-19,22-25H,8-13,16H2,1-7H3/t19-,22?,23?,24?/m0/s1. The molecule has 0 aromatic heterocycles. The van der Waals surface area contributed by atoms with Crippen LogP contribution >= 0.6 is 0 Å². The molecule has 1 heterocycles. The summed E-state index contributed by atoms with van der Waals surface area (Å²) in [5, 5.41) is 3.57. The molecule has 4 atom stereocenters. The number of piperazine rings is 1. The zero-order valence-electron chi connectivity index (χ0n) is 19.0. The Balaban J connectivity index is 1.97. The minimum atomic E-state index is -1.46. The van der Waals surface area contributed by atoms with Crippen molar-refractivity contribution < 1.29 is 0 Å². The van der Waals surface area contributed by atoms with Crippen LogP contribution in [0.25, 0.3) is 0 Å². The van der Waals surface area contributed by atoms with E-state index in [1.165, 1.54) is 45.4 Å². The van der Waals surface area contributed by atoms with Gasteiger partial charge in [-0.25, -0.2) is 0 Å². The number of hydrogen-bond acceptors (Lipinski definition) is 2. The van der Waals surface area contributed by atoms with E-state index in [-0.39, 0.29) is 0 Å². The fraction of sp³-hybridized carbons (Fsp3) is 0.833. The van der Waals surface area contributed by atoms with Crippen molar-refractivity contribution in [3.63, 3.8) is 0 Å². The highest BCUT2D eigenvalue weighted by atomic mass is 28.3. The van der Waals surface area contributed by atoms with E-state index in [4.69, 9.17) is 0 Å². The second-order valence-corrected chi connectivity index (χ2v) is 15.2. The van der Waals surface area contributed by atoms with Crippen molar-refractivity contribution >= 4 is 8.24 Å². The van der Waals surface area contributed by atoms with Crippen molar-refractivity contribution in [3.8, 4) is 0 Å². The summed E-state index contributed by atoms with van der Waals surface area (Å²) < 4.78 is 2.93. The Morgan fingerprint density at radius 2 is 1.78 bits per heavy atom. The lowest BCUT2D eigenvalue weighted by Gasteiger charge is -2.46. The number of allylic oxidation sites excluding steroid dienone is 4. The Hall–Kier alpha value is -0.383. The summed E-state index contributed by atoms with van der Waals surface area (Å²) in [6.45, 7) is 22.3. The van der Waals surface area contributed by atoms with Crippen LogP contribution in [0.15, 0.2) is 23.3 Å². The highest BCUT2D eigenvalue weighted by molar-refractivity contribution is 6.76. The maximum atomic E-state index is 3.57. The Kier molecular flexibility index (Phi) is 6.75. The summed E-state index contributed by atoms with van der Waals surface area (Å²) in [5.41, 5.74) is 4.30. The fourth-order valence-corrected chi connectivity index (χ4v) is 10.3. The Labute approximate surface area is 170 Å². The van der Waals surface area contributed by atoms with Gasteiger partial charge in [-0.2, -0.15) is 0 Å². The van der Waals surface area contributed by atoms with Gasteiger partial charge in [0.05, 0.1) is 0 Å². The predicted octanol–water partition coefficient (Wildman–Crippen LogP) is 5.70. The number of fused-ring (bicyclic) bond motifs is 1. The lowest BCUT2D eigenvalue weighted by Crippen LogP contribution is -2.59. The summed E-state index contributed by atoms with van der Waals surface area (Å²) in [5.74, 6) is 3.83. The SMILES string of the molecule is CCC[C@H]1CC([Si](C)(C)N2CCNCC2)C2C=C(C(C)C)C=C(C(C)C)C21. The number of nitrogens with one attached hydrogen (secondary N) is 1. The molecule has 1 N–H and O–H groups in total. The van der Waals surface area contributed by atoms with Crippen molar-refractivity contribution in [1.29, 1.82) is 0 Å². The molecule has 0 amide bonds. The van der Waals surface area contributed by atoms with Gasteiger partial charge in [0.25, 0.3) is 0 Å². The van der Waals surface area contributed by atoms with E-state index >= 15 is 0 Å². The topological polar surface area (TPSA) is 15.3 Å². The van der Waals surface area contributed by atoms with E-state index in [9.17, 15) is 0 Å². The average Bonchev–Trinajstić information content (AvgIpc) is 3.01. The van der Waals surface area contributed by atoms with E-state index < -0.39 is 8.24 Å². The molecule has 154 valence electrons. The van der Waals surface area contributed by atoms with E-state index in [1.807, 2.05) is 0 Å². The van der Waals surface area contributed by atoms with Gasteiger partial charge in [-0.3, -0.25) is 0 Å². The monoisotopic (exact) mass is 388 g/mol. The zero-order chi connectivity index (χ0) is 19.8. The summed E-state index contributed by atoms with van der Waals surface area (Å²) in [6, 6.07) is 0. The average molecular weight is 389 g/mol. The second kappa shape index (κ2) is 8.55. The van der Waals surface area contributed by atoms with Gasteiger partial charge in [0, 0.05) is 26.2 Å². The molecule has 1 saturated heterocycles. The first kappa shape index (κ1) is 21.3. The van der Waals surface area contributed by atoms with Gasteiger partial charge < -0.3 is 9.88 Å². The Bertz CT molecular complexity index is 569. The Morgan fingerprint density at radius 1 is 1.11 bits per heavy atom. The molecule has 2 fully saturated rings. The lowest BCUT2D eigenvalue weighted by atomic mass is 9.72. The highest BCUT2D eigenvalue weighted by Gasteiger charge is 2.52. The van der Waals surface area contributed by atoms with Crippen molar-refractivity contribution in [3.05, 3.63) is 23.3 Å². The molecule has 0 spiro atoms. The van der Waals surface area contributed by atoms with Gasteiger partial charge in [-0.05, 0) is 47.1 Å². The normalized spacial score (nSPS) is 32.6. The van der Waals surface area contributed by atoms with Gasteiger partial charge in [0.1, 0.15) is 8.24 Å². The molecule has 3 unspecified atom stereocenters. The number of nitrogens with zero attached hydrogens (tertiary/aromatic N) is 1. The molecule has 3 heteroatoms. The molecule has 2 nitrogen and oxygen atoms in total. The minimum Gasteiger partial charge on any atom is -0.321 e. The molecular formula is C24H44N2Si. The van der Waals surface area contributed by atoms with Crippen LogP contribution in [-0.2, 0) is 0 Å². The van der Waals surface area contributed by atoms with Crippen molar-refractivity contribution in [1.82, 2.24) is 9.88 Å². The van der Waals surface area contributed by atoms with Crippen LogP contribution in [0.3, 0.4) is 0 Å². The third kappa shape index (κ3) is 4.16. The molecule has 3 rings (SSSR count). The molecular weight excluding hydrogens is 344 g/mol. The van der Waals surface area contributed by atoms with Gasteiger partial charge >= 0.3 is 0 Å². The van der Waals surface area contributed by atoms with Crippen LogP contribution in [-0.4, -0.2) is 39.0 Å². The van der Waals surface area contributed by atoms with E-state index in [1.54, 1.807) is 11.1 Å². The molecule has 1 saturated carbocycles. The van der Waals surface area contributed by atoms with Crippen molar-refractivity contribution in [2.45, 2.75) is 72.5 Å². The first-order valence-electron chi connectivity index (χ1n) is 11.7. The molecule has 2 aliphatic carbocycles. The van der Waals surface area contributed by atoms with Gasteiger partial charge in [-0.15, -0.1) is 0 Å². The van der Waals surface area contributed by atoms with Crippen LogP contribution in [0, 0.1) is 29.6 Å². The van der Waals surface area contributed by atoms with Crippen molar-refractivity contribution in [2.75, 3.05) is 26.2 Å². The predicted molar refractivity (Wildman–Crippen MR) is 122 cm³/mol. The largest absolute Gasteiger partial charge is 0.321 e. The smallest absolute Gasteiger partial charge is 0.126 e. The van der Waals surface area contributed by atoms with E-state index in [0.717, 1.165) is 23.3 Å². The summed E-state index contributed by atoms with van der Waals surface area (Å²) in [7, 11) is -1.46. The van der Waals surface area contributed by atoms with Crippen LogP contribution in [0.1, 0.15) is 53.9 Å². The van der Waals surface area contributed by atoms with Crippen LogP contribution < -0.4 is 5.32 Å². The first-order valence-corrected chi connectivity index (χ1v) is 14.7. The van der Waals surface area contributed by atoms with Crippen LogP contribution in [0.2, 0.25) is 18.6 Å². The van der Waals surface area contributed by atoms with E-state index in [0.29, 0.717) is 11.8 Å². The molecule has 3 aliphatic rings. The molecule has 0 bridgehead atoms. The number of rotatable bonds is 6. The lowest BCUT2D eigenvalue weighted by molar-refractivity contribution is 0.338. The van der Waals surface area contributed by atoms with Gasteiger partial charge in [0.2, 0.25) is 0 Å². The van der Waals surface area contributed by atoms with E-state index in [2.05, 4.69) is 69.7 Å². The maximum Gasteiger partial charge on any atom is 0.126 e. The molecule has 1 aliphatic heterocycles. The molecule has 0 radical (unpaired) electrons. The summed E-state index contributed by atoms with van der Waals surface area (Å²) in [6.07, 6.45) is 9.58. The zero-order valence-corrected chi connectivity index (χ0v) is 20.0. The molecule has 27 heavy (non-hydrogen) atoms. The first-order chi connectivity index (χ1) is 12.8.